The number of nitrogens with zero attached hydrogens (tertiary/aromatic N) is 6. The van der Waals surface area contributed by atoms with Gasteiger partial charge in [0.15, 0.2) is 5.82 Å². The number of hydrogen-bond donors (Lipinski definition) is 4. The lowest BCUT2D eigenvalue weighted by Crippen LogP contribution is -2.45. The van der Waals surface area contributed by atoms with Crippen LogP contribution >= 0.6 is 0 Å². The first kappa shape index (κ1) is 24.0. The van der Waals surface area contributed by atoms with Gasteiger partial charge in [0, 0.05) is 44.0 Å². The molecule has 0 saturated carbocycles. The van der Waals surface area contributed by atoms with Crippen LogP contribution in [0.15, 0.2) is 55.1 Å². The van der Waals surface area contributed by atoms with Gasteiger partial charge in [-0.2, -0.15) is 20.1 Å². The number of phenols is 1. The molecule has 35 heavy (non-hydrogen) atoms. The van der Waals surface area contributed by atoms with Gasteiger partial charge in [-0.25, -0.2) is 0 Å². The van der Waals surface area contributed by atoms with E-state index in [1.54, 1.807) is 6.07 Å². The minimum absolute atomic E-state index is 0.203. The second-order valence-electron chi connectivity index (χ2n) is 8.40. The Labute approximate surface area is 205 Å². The predicted molar refractivity (Wildman–Crippen MR) is 141 cm³/mol. The van der Waals surface area contributed by atoms with Crippen LogP contribution in [-0.4, -0.2) is 68.4 Å². The zero-order chi connectivity index (χ0) is 24.8. The number of hydrogen-bond acceptors (Lipinski definition) is 9. The molecule has 4 N–H and O–H groups in total. The molecule has 0 unspecified atom stereocenters. The molecule has 0 bridgehead atoms. The van der Waals surface area contributed by atoms with E-state index in [9.17, 15) is 5.11 Å². The number of likely N-dealkylation sites (N-methyl/N-ethyl adjacent to an activating group) is 1. The Morgan fingerprint density at radius 1 is 1.06 bits per heavy atom. The number of benzene rings is 1. The zero-order valence-corrected chi connectivity index (χ0v) is 20.3. The van der Waals surface area contributed by atoms with Gasteiger partial charge in [0.2, 0.25) is 17.8 Å². The highest BCUT2D eigenvalue weighted by Gasteiger charge is 2.19. The van der Waals surface area contributed by atoms with Crippen LogP contribution in [0.25, 0.3) is 5.57 Å². The van der Waals surface area contributed by atoms with Gasteiger partial charge in [-0.15, -0.1) is 0 Å². The lowest BCUT2D eigenvalue weighted by Gasteiger charge is -2.32. The molecule has 0 radical (unpaired) electrons. The summed E-state index contributed by atoms with van der Waals surface area (Å²) in [5.74, 6) is 2.07. The van der Waals surface area contributed by atoms with Crippen LogP contribution in [0, 0.1) is 6.92 Å². The third-order valence-electron chi connectivity index (χ3n) is 5.64. The number of piperazine rings is 1. The highest BCUT2D eigenvalue weighted by molar-refractivity contribution is 5.72. The lowest BCUT2D eigenvalue weighted by molar-refractivity contribution is 0.311. The van der Waals surface area contributed by atoms with E-state index >= 15 is 0 Å². The molecule has 2 aromatic heterocycles. The summed E-state index contributed by atoms with van der Waals surface area (Å²) in [5.41, 5.74) is 3.07. The van der Waals surface area contributed by atoms with Crippen LogP contribution in [0.2, 0.25) is 0 Å². The third-order valence-corrected chi connectivity index (χ3v) is 5.64. The van der Waals surface area contributed by atoms with Crippen LogP contribution in [-0.2, 0) is 0 Å². The minimum atomic E-state index is 0.203. The number of phenolic OH excluding ortho intramolecular Hbond substituents is 1. The summed E-state index contributed by atoms with van der Waals surface area (Å²) in [5, 5.41) is 23.7. The molecule has 1 saturated heterocycles. The molecule has 10 nitrogen and oxygen atoms in total. The van der Waals surface area contributed by atoms with Gasteiger partial charge >= 0.3 is 0 Å². The Balaban J connectivity index is 1.59. The second kappa shape index (κ2) is 10.8. The Kier molecular flexibility index (Phi) is 7.41. The highest BCUT2D eigenvalue weighted by atomic mass is 16.3. The molecule has 0 atom stereocenters. The molecule has 0 spiro atoms. The Bertz CT molecular complexity index is 1240. The van der Waals surface area contributed by atoms with Crippen molar-refractivity contribution >= 4 is 34.9 Å². The fourth-order valence-corrected chi connectivity index (χ4v) is 3.48. The number of aromatic hydroxyl groups is 1. The fraction of sp³-hybridized carbons (Fsp3) is 0.280. The molecule has 182 valence electrons. The van der Waals surface area contributed by atoms with Crippen molar-refractivity contribution in [3.05, 3.63) is 66.4 Å². The molecule has 1 fully saturated rings. The average molecular weight is 474 g/mol. The summed E-state index contributed by atoms with van der Waals surface area (Å²) < 4.78 is 0. The third kappa shape index (κ3) is 6.24. The van der Waals surface area contributed by atoms with Crippen LogP contribution in [0.4, 0.5) is 29.4 Å². The van der Waals surface area contributed by atoms with Crippen LogP contribution < -0.4 is 15.5 Å². The van der Waals surface area contributed by atoms with Crippen molar-refractivity contribution in [2.45, 2.75) is 13.8 Å². The molecule has 1 aliphatic heterocycles. The molecule has 1 aliphatic rings. The highest BCUT2D eigenvalue weighted by Crippen LogP contribution is 2.25. The number of anilines is 5. The number of allylic oxidation sites excluding steroid dienone is 5. The van der Waals surface area contributed by atoms with E-state index in [4.69, 9.17) is 0 Å². The molecule has 10 heteroatoms. The number of rotatable bonds is 8. The van der Waals surface area contributed by atoms with Crippen LogP contribution in [0.1, 0.15) is 18.2 Å². The number of nitrogens with one attached hydrogen (secondary N) is 3. The van der Waals surface area contributed by atoms with E-state index in [1.165, 1.54) is 0 Å². The Hall–Kier alpha value is -4.18. The Morgan fingerprint density at radius 2 is 1.80 bits per heavy atom. The molecule has 0 amide bonds. The maximum Gasteiger partial charge on any atom is 0.235 e. The van der Waals surface area contributed by atoms with E-state index in [1.807, 2.05) is 56.4 Å². The first-order chi connectivity index (χ1) is 16.9. The topological polar surface area (TPSA) is 118 Å². The van der Waals surface area contributed by atoms with E-state index in [0.29, 0.717) is 29.4 Å². The molecule has 1 aromatic carbocycles. The first-order valence-electron chi connectivity index (χ1n) is 11.5. The van der Waals surface area contributed by atoms with E-state index < -0.39 is 0 Å². The summed E-state index contributed by atoms with van der Waals surface area (Å²) in [4.78, 5) is 18.2. The maximum absolute atomic E-state index is 10.1. The van der Waals surface area contributed by atoms with Crippen molar-refractivity contribution in [3.8, 4) is 5.75 Å². The van der Waals surface area contributed by atoms with Gasteiger partial charge in [-0.05, 0) is 38.1 Å². The normalized spacial score (nSPS) is 14.7. The summed E-state index contributed by atoms with van der Waals surface area (Å²) in [6.45, 7) is 11.4. The number of aromatic amines is 1. The van der Waals surface area contributed by atoms with Gasteiger partial charge in [0.1, 0.15) is 5.75 Å². The lowest BCUT2D eigenvalue weighted by atomic mass is 10.2. The number of H-pyrrole nitrogens is 1. The maximum atomic E-state index is 10.1. The fourth-order valence-electron chi connectivity index (χ4n) is 3.48. The van der Waals surface area contributed by atoms with E-state index in [-0.39, 0.29) is 5.75 Å². The predicted octanol–water partition coefficient (Wildman–Crippen LogP) is 3.99. The molecule has 3 aromatic rings. The molecule has 0 aliphatic carbocycles. The number of aryl methyl sites for hydroxylation is 1. The standard InChI is InChI=1S/C25H31N9O/c1-5-6-7-8-17(2)20-16-22(32-31-20)27-24-28-23(26-19-10-9-18(3)21(35)15-19)29-25(30-24)34-13-11-33(4)12-14-34/h5-10,15-16,35H,2,11-14H2,1,3-4H3,(H3,26,27,28,29,30,31,32)/b6-5?,8-7-. The average Bonchev–Trinajstić information content (AvgIpc) is 3.30. The monoisotopic (exact) mass is 473 g/mol. The summed E-state index contributed by atoms with van der Waals surface area (Å²) >= 11 is 0. The first-order valence-corrected chi connectivity index (χ1v) is 11.5. The number of aromatic nitrogens is 5. The van der Waals surface area contributed by atoms with Crippen molar-refractivity contribution < 1.29 is 5.11 Å². The molecular weight excluding hydrogens is 442 g/mol. The summed E-state index contributed by atoms with van der Waals surface area (Å²) in [7, 11) is 2.10. The van der Waals surface area contributed by atoms with Crippen molar-refractivity contribution in [3.63, 3.8) is 0 Å². The molecular formula is C25H31N9O. The zero-order valence-electron chi connectivity index (χ0n) is 20.3. The molecule has 3 heterocycles. The summed E-state index contributed by atoms with van der Waals surface area (Å²) in [6, 6.07) is 7.21. The largest absolute Gasteiger partial charge is 0.508 e. The molecule has 4 rings (SSSR count). The van der Waals surface area contributed by atoms with Crippen molar-refractivity contribution in [2.24, 2.45) is 0 Å². The smallest absolute Gasteiger partial charge is 0.235 e. The summed E-state index contributed by atoms with van der Waals surface area (Å²) in [6.07, 6.45) is 7.72. The van der Waals surface area contributed by atoms with Crippen molar-refractivity contribution in [2.75, 3.05) is 48.8 Å². The van der Waals surface area contributed by atoms with Crippen molar-refractivity contribution in [1.29, 1.82) is 0 Å². The quantitative estimate of drug-likeness (QED) is 0.360. The van der Waals surface area contributed by atoms with Gasteiger partial charge in [-0.3, -0.25) is 5.10 Å². The Morgan fingerprint density at radius 3 is 2.51 bits per heavy atom. The van der Waals surface area contributed by atoms with E-state index in [2.05, 4.69) is 59.2 Å². The minimum Gasteiger partial charge on any atom is -0.508 e. The second-order valence-corrected chi connectivity index (χ2v) is 8.40. The van der Waals surface area contributed by atoms with Crippen molar-refractivity contribution in [1.82, 2.24) is 30.0 Å². The van der Waals surface area contributed by atoms with Gasteiger partial charge in [0.25, 0.3) is 0 Å². The SMILES string of the molecule is C=C(/C=C\C=CC)c1cc(Nc2nc(Nc3ccc(C)c(O)c3)nc(N3CCN(C)CC3)n2)n[nH]1. The van der Waals surface area contributed by atoms with Gasteiger partial charge in [0.05, 0.1) is 5.69 Å². The van der Waals surface area contributed by atoms with Gasteiger partial charge < -0.3 is 25.5 Å². The van der Waals surface area contributed by atoms with Crippen LogP contribution in [0.5, 0.6) is 5.75 Å². The van der Waals surface area contributed by atoms with E-state index in [0.717, 1.165) is 43.0 Å². The van der Waals surface area contributed by atoms with Crippen LogP contribution in [0.3, 0.4) is 0 Å². The van der Waals surface area contributed by atoms with Gasteiger partial charge in [-0.1, -0.05) is 36.9 Å².